The Kier molecular flexibility index (Phi) is 38.1. The van der Waals surface area contributed by atoms with E-state index >= 15 is 0 Å². The maximum atomic E-state index is 12.3. The summed E-state index contributed by atoms with van der Waals surface area (Å²) in [7, 11) is -4.64. The SMILES string of the molecule is CCCCCC/C=C\C/C=C\CCCCCCCC(=O)OC(CO)COP(=O)(O)OCC(CO)OC(=O)CCCCCCC/C=C\CCCCCCCC. The van der Waals surface area contributed by atoms with Gasteiger partial charge in [-0.15, -0.1) is 0 Å². The molecule has 0 amide bonds. The summed E-state index contributed by atoms with van der Waals surface area (Å²) in [6.07, 6.45) is 39.7. The van der Waals surface area contributed by atoms with Crippen LogP contribution in [0, 0.1) is 0 Å². The number of esters is 2. The lowest BCUT2D eigenvalue weighted by molar-refractivity contribution is -0.153. The van der Waals surface area contributed by atoms with E-state index in [0.29, 0.717) is 12.8 Å². The Morgan fingerprint density at radius 1 is 0.500 bits per heavy atom. The number of phosphoric ester groups is 1. The quantitative estimate of drug-likeness (QED) is 0.0237. The van der Waals surface area contributed by atoms with E-state index in [4.69, 9.17) is 18.5 Å². The third-order valence-electron chi connectivity index (χ3n) is 9.07. The van der Waals surface area contributed by atoms with Crippen LogP contribution in [-0.4, -0.2) is 65.7 Å². The van der Waals surface area contributed by atoms with Gasteiger partial charge in [-0.2, -0.15) is 0 Å². The minimum atomic E-state index is -4.64. The Labute approximate surface area is 329 Å². The van der Waals surface area contributed by atoms with Crippen molar-refractivity contribution < 1.29 is 47.8 Å². The van der Waals surface area contributed by atoms with Crippen molar-refractivity contribution in [3.8, 4) is 0 Å². The topological polar surface area (TPSA) is 149 Å². The van der Waals surface area contributed by atoms with E-state index in [0.717, 1.165) is 77.0 Å². The van der Waals surface area contributed by atoms with Gasteiger partial charge in [-0.1, -0.05) is 140 Å². The molecule has 0 saturated heterocycles. The fourth-order valence-corrected chi connectivity index (χ4v) is 6.51. The predicted molar refractivity (Wildman–Crippen MR) is 219 cm³/mol. The van der Waals surface area contributed by atoms with E-state index in [9.17, 15) is 29.3 Å². The van der Waals surface area contributed by atoms with Crippen LogP contribution in [0.3, 0.4) is 0 Å². The summed E-state index contributed by atoms with van der Waals surface area (Å²) >= 11 is 0. The fourth-order valence-electron chi connectivity index (χ4n) is 5.73. The molecule has 0 radical (unpaired) electrons. The van der Waals surface area contributed by atoms with Crippen molar-refractivity contribution in [2.75, 3.05) is 26.4 Å². The van der Waals surface area contributed by atoms with Gasteiger partial charge in [0.05, 0.1) is 26.4 Å². The highest BCUT2D eigenvalue weighted by Gasteiger charge is 2.27. The van der Waals surface area contributed by atoms with E-state index < -0.39 is 58.4 Å². The molecule has 3 atom stereocenters. The first-order chi connectivity index (χ1) is 26.3. The van der Waals surface area contributed by atoms with Gasteiger partial charge in [-0.05, 0) is 70.6 Å². The standard InChI is InChI=1S/C43H79O10P/c1-3-5-7-9-11-13-15-17-19-21-23-25-27-29-31-33-35-43(47)53-41(37-45)39-51-54(48,49)50-38-40(36-44)52-42(46)34-32-30-28-26-24-22-20-18-16-14-12-10-8-6-4-2/h13,15,18-21,40-41,44-45H,3-12,14,16-17,22-39H2,1-2H3,(H,48,49)/b15-13-,20-18-,21-19-. The zero-order valence-corrected chi connectivity index (χ0v) is 35.1. The van der Waals surface area contributed by atoms with Crippen molar-refractivity contribution >= 4 is 19.8 Å². The smallest absolute Gasteiger partial charge is 0.457 e. The van der Waals surface area contributed by atoms with Crippen molar-refractivity contribution in [3.63, 3.8) is 0 Å². The molecular formula is C43H79O10P. The first-order valence-electron chi connectivity index (χ1n) is 21.4. The monoisotopic (exact) mass is 787 g/mol. The van der Waals surface area contributed by atoms with E-state index in [-0.39, 0.29) is 12.8 Å². The molecule has 0 aliphatic carbocycles. The Morgan fingerprint density at radius 2 is 0.815 bits per heavy atom. The van der Waals surface area contributed by atoms with Crippen LogP contribution in [-0.2, 0) is 32.7 Å². The molecule has 0 spiro atoms. The van der Waals surface area contributed by atoms with Gasteiger partial charge in [0.2, 0.25) is 0 Å². The molecular weight excluding hydrogens is 707 g/mol. The molecule has 0 aliphatic rings. The summed E-state index contributed by atoms with van der Waals surface area (Å²) in [4.78, 5) is 34.5. The molecule has 0 aromatic rings. The lowest BCUT2D eigenvalue weighted by atomic mass is 10.1. The number of aliphatic hydroxyl groups is 2. The van der Waals surface area contributed by atoms with Gasteiger partial charge in [0, 0.05) is 12.8 Å². The van der Waals surface area contributed by atoms with Crippen LogP contribution in [0.25, 0.3) is 0 Å². The third kappa shape index (κ3) is 37.1. The number of allylic oxidation sites excluding steroid dienone is 6. The molecule has 0 aliphatic heterocycles. The molecule has 0 rings (SSSR count). The lowest BCUT2D eigenvalue weighted by Crippen LogP contribution is -2.28. The Bertz CT molecular complexity index is 999. The maximum Gasteiger partial charge on any atom is 0.472 e. The number of carbonyl (C=O) groups excluding carboxylic acids is 2. The molecule has 0 heterocycles. The molecule has 0 aromatic heterocycles. The molecule has 3 unspecified atom stereocenters. The summed E-state index contributed by atoms with van der Waals surface area (Å²) in [6, 6.07) is 0. The van der Waals surface area contributed by atoms with Crippen molar-refractivity contribution in [1.29, 1.82) is 0 Å². The van der Waals surface area contributed by atoms with Crippen molar-refractivity contribution in [1.82, 2.24) is 0 Å². The van der Waals surface area contributed by atoms with Gasteiger partial charge >= 0.3 is 19.8 Å². The molecule has 0 aromatic carbocycles. The van der Waals surface area contributed by atoms with E-state index in [2.05, 4.69) is 50.3 Å². The molecule has 316 valence electrons. The highest BCUT2D eigenvalue weighted by molar-refractivity contribution is 7.47. The largest absolute Gasteiger partial charge is 0.472 e. The number of rotatable bonds is 40. The minimum absolute atomic E-state index is 0.176. The summed E-state index contributed by atoms with van der Waals surface area (Å²) in [5.41, 5.74) is 0. The molecule has 11 heteroatoms. The molecule has 3 N–H and O–H groups in total. The molecule has 0 fully saturated rings. The highest BCUT2D eigenvalue weighted by atomic mass is 31.2. The van der Waals surface area contributed by atoms with Gasteiger partial charge in [0.1, 0.15) is 12.2 Å². The minimum Gasteiger partial charge on any atom is -0.457 e. The van der Waals surface area contributed by atoms with Crippen LogP contribution >= 0.6 is 7.82 Å². The van der Waals surface area contributed by atoms with Crippen LogP contribution in [0.1, 0.15) is 187 Å². The summed E-state index contributed by atoms with van der Waals surface area (Å²) in [5, 5.41) is 19.1. The number of ether oxygens (including phenoxy) is 2. The second-order valence-corrected chi connectivity index (χ2v) is 15.8. The number of hydrogen-bond donors (Lipinski definition) is 3. The first-order valence-corrected chi connectivity index (χ1v) is 22.9. The van der Waals surface area contributed by atoms with Crippen LogP contribution in [0.2, 0.25) is 0 Å². The number of carbonyl (C=O) groups is 2. The zero-order valence-electron chi connectivity index (χ0n) is 34.2. The van der Waals surface area contributed by atoms with Gasteiger partial charge in [0.25, 0.3) is 0 Å². The van der Waals surface area contributed by atoms with Crippen molar-refractivity contribution in [2.24, 2.45) is 0 Å². The summed E-state index contributed by atoms with van der Waals surface area (Å²) in [5.74, 6) is -1.04. The zero-order chi connectivity index (χ0) is 39.8. The summed E-state index contributed by atoms with van der Waals surface area (Å²) in [6.45, 7) is 2.16. The number of aliphatic hydroxyl groups excluding tert-OH is 2. The molecule has 0 bridgehead atoms. The third-order valence-corrected chi connectivity index (χ3v) is 10.0. The number of phosphoric acid groups is 1. The van der Waals surface area contributed by atoms with Crippen LogP contribution < -0.4 is 0 Å². The Balaban J connectivity index is 3.96. The average Bonchev–Trinajstić information content (AvgIpc) is 3.16. The van der Waals surface area contributed by atoms with E-state index in [1.807, 2.05) is 0 Å². The van der Waals surface area contributed by atoms with Gasteiger partial charge in [-0.25, -0.2) is 4.57 Å². The molecule has 54 heavy (non-hydrogen) atoms. The van der Waals surface area contributed by atoms with Gasteiger partial charge < -0.3 is 24.6 Å². The van der Waals surface area contributed by atoms with Crippen molar-refractivity contribution in [3.05, 3.63) is 36.5 Å². The van der Waals surface area contributed by atoms with Crippen molar-refractivity contribution in [2.45, 2.75) is 199 Å². The van der Waals surface area contributed by atoms with Crippen LogP contribution in [0.5, 0.6) is 0 Å². The van der Waals surface area contributed by atoms with E-state index in [1.54, 1.807) is 0 Å². The molecule has 10 nitrogen and oxygen atoms in total. The lowest BCUT2D eigenvalue weighted by Gasteiger charge is -2.20. The Hall–Kier alpha value is -1.81. The number of unbranched alkanes of at least 4 members (excludes halogenated alkanes) is 20. The molecule has 0 saturated carbocycles. The number of hydrogen-bond acceptors (Lipinski definition) is 9. The fraction of sp³-hybridized carbons (Fsp3) is 0.814. The first kappa shape index (κ1) is 52.2. The van der Waals surface area contributed by atoms with Gasteiger partial charge in [0.15, 0.2) is 0 Å². The Morgan fingerprint density at radius 3 is 1.19 bits per heavy atom. The van der Waals surface area contributed by atoms with Crippen LogP contribution in [0.4, 0.5) is 0 Å². The second-order valence-electron chi connectivity index (χ2n) is 14.3. The normalized spacial score (nSPS) is 14.2. The second kappa shape index (κ2) is 39.4. The maximum absolute atomic E-state index is 12.3. The van der Waals surface area contributed by atoms with Gasteiger partial charge in [-0.3, -0.25) is 18.6 Å². The van der Waals surface area contributed by atoms with Crippen LogP contribution in [0.15, 0.2) is 36.5 Å². The highest BCUT2D eigenvalue weighted by Crippen LogP contribution is 2.43. The summed E-state index contributed by atoms with van der Waals surface area (Å²) < 4.78 is 32.5. The average molecular weight is 787 g/mol. The predicted octanol–water partition coefficient (Wildman–Crippen LogP) is 11.2. The van der Waals surface area contributed by atoms with E-state index in [1.165, 1.54) is 70.6 Å².